The Morgan fingerprint density at radius 1 is 1.09 bits per heavy atom. The summed E-state index contributed by atoms with van der Waals surface area (Å²) in [6, 6.07) is 13.9. The molecule has 1 aliphatic heterocycles. The number of carbonyl (C=O) groups excluding carboxylic acids is 2. The van der Waals surface area contributed by atoms with Gasteiger partial charge in [-0.3, -0.25) is 0 Å². The minimum absolute atomic E-state index is 0.0363. The van der Waals surface area contributed by atoms with Gasteiger partial charge in [0.1, 0.15) is 6.10 Å². The summed E-state index contributed by atoms with van der Waals surface area (Å²) < 4.78 is 40.4. The number of carbonyl (C=O) groups is 2. The molecule has 3 aromatic rings. The molecule has 4 rings (SSSR count). The molecule has 2 amide bonds. The summed E-state index contributed by atoms with van der Waals surface area (Å²) in [6.07, 6.45) is 1.79. The first kappa shape index (κ1) is 32.2. The van der Waals surface area contributed by atoms with Gasteiger partial charge in [-0.15, -0.1) is 0 Å². The molecule has 1 aliphatic rings. The van der Waals surface area contributed by atoms with E-state index in [2.05, 4.69) is 25.2 Å². The standard InChI is InChI=1S/C30H39N5O6S2/c1-20(2)40-29(37)41-23-13-15-35(16-14-23)28-32-19-25(42-28)24-12-11-22(17-26(24)43(38,39)34-30(3,4)5)33-27(36)31-18-21-9-7-6-8-10-21/h6-12,17,19-20,23,34H,13-16,18H2,1-5H3,(H2,31,33,36). The van der Waals surface area contributed by atoms with E-state index in [1.165, 1.54) is 17.4 Å². The van der Waals surface area contributed by atoms with Crippen LogP contribution in [0.15, 0.2) is 59.6 Å². The predicted octanol–water partition coefficient (Wildman–Crippen LogP) is 5.74. The number of urea groups is 1. The molecule has 0 unspecified atom stereocenters. The third kappa shape index (κ3) is 9.40. The molecule has 11 nitrogen and oxygen atoms in total. The summed E-state index contributed by atoms with van der Waals surface area (Å²) in [5.74, 6) is 0. The van der Waals surface area contributed by atoms with Crippen LogP contribution in [0.25, 0.3) is 10.4 Å². The minimum atomic E-state index is -3.97. The van der Waals surface area contributed by atoms with Crippen molar-refractivity contribution < 1.29 is 27.5 Å². The van der Waals surface area contributed by atoms with Crippen LogP contribution in [0.1, 0.15) is 53.0 Å². The molecule has 0 bridgehead atoms. The Labute approximate surface area is 257 Å². The maximum Gasteiger partial charge on any atom is 0.508 e. The minimum Gasteiger partial charge on any atom is -0.432 e. The first-order valence-electron chi connectivity index (χ1n) is 14.1. The van der Waals surface area contributed by atoms with E-state index >= 15 is 0 Å². The maximum absolute atomic E-state index is 13.6. The van der Waals surface area contributed by atoms with Crippen molar-refractivity contribution in [2.75, 3.05) is 23.3 Å². The topological polar surface area (TPSA) is 139 Å². The maximum atomic E-state index is 13.6. The molecular formula is C30H39N5O6S2. The normalized spacial score (nSPS) is 14.4. The van der Waals surface area contributed by atoms with E-state index in [1.54, 1.807) is 52.9 Å². The van der Waals surface area contributed by atoms with E-state index in [0.29, 0.717) is 48.6 Å². The summed E-state index contributed by atoms with van der Waals surface area (Å²) in [5.41, 5.74) is 1.04. The average Bonchev–Trinajstić information content (AvgIpc) is 3.41. The van der Waals surface area contributed by atoms with Crippen LogP contribution in [0.3, 0.4) is 0 Å². The van der Waals surface area contributed by atoms with E-state index in [-0.39, 0.29) is 17.1 Å². The first-order valence-corrected chi connectivity index (χ1v) is 16.4. The van der Waals surface area contributed by atoms with Gasteiger partial charge in [0.15, 0.2) is 5.13 Å². The number of anilines is 2. The zero-order chi connectivity index (χ0) is 31.2. The highest BCUT2D eigenvalue weighted by Crippen LogP contribution is 2.37. The number of benzene rings is 2. The second-order valence-electron chi connectivity index (χ2n) is 11.6. The molecule has 1 saturated heterocycles. The Morgan fingerprint density at radius 2 is 1.79 bits per heavy atom. The van der Waals surface area contributed by atoms with Crippen molar-refractivity contribution >= 4 is 44.4 Å². The SMILES string of the molecule is CC(C)OC(=O)OC1CCN(c2ncc(-c3ccc(NC(=O)NCc4ccccc4)cc3S(=O)(=O)NC(C)(C)C)s2)CC1. The zero-order valence-electron chi connectivity index (χ0n) is 25.0. The second kappa shape index (κ2) is 13.7. The lowest BCUT2D eigenvalue weighted by atomic mass is 10.1. The Kier molecular flexibility index (Phi) is 10.3. The van der Waals surface area contributed by atoms with Gasteiger partial charge in [0, 0.05) is 55.5 Å². The second-order valence-corrected chi connectivity index (χ2v) is 14.2. The van der Waals surface area contributed by atoms with Crippen LogP contribution in [-0.4, -0.2) is 56.4 Å². The number of hydrogen-bond donors (Lipinski definition) is 3. The van der Waals surface area contributed by atoms with Gasteiger partial charge in [0.2, 0.25) is 10.0 Å². The Bertz CT molecular complexity index is 1510. The fraction of sp³-hybridized carbons (Fsp3) is 0.433. The van der Waals surface area contributed by atoms with E-state index in [9.17, 15) is 18.0 Å². The number of sulfonamides is 1. The number of piperidine rings is 1. The van der Waals surface area contributed by atoms with Crippen molar-refractivity contribution in [3.8, 4) is 10.4 Å². The van der Waals surface area contributed by atoms with Crippen LogP contribution >= 0.6 is 11.3 Å². The fourth-order valence-electron chi connectivity index (χ4n) is 4.49. The van der Waals surface area contributed by atoms with Crippen molar-refractivity contribution in [1.82, 2.24) is 15.0 Å². The summed E-state index contributed by atoms with van der Waals surface area (Å²) in [4.78, 5) is 31.8. The van der Waals surface area contributed by atoms with Gasteiger partial charge in [-0.1, -0.05) is 47.7 Å². The van der Waals surface area contributed by atoms with Crippen LogP contribution < -0.4 is 20.3 Å². The highest BCUT2D eigenvalue weighted by molar-refractivity contribution is 7.89. The van der Waals surface area contributed by atoms with Crippen LogP contribution in [0.2, 0.25) is 0 Å². The molecule has 232 valence electrons. The molecule has 0 radical (unpaired) electrons. The van der Waals surface area contributed by atoms with Gasteiger partial charge >= 0.3 is 12.2 Å². The van der Waals surface area contributed by atoms with E-state index in [0.717, 1.165) is 10.7 Å². The van der Waals surface area contributed by atoms with Crippen molar-refractivity contribution in [3.63, 3.8) is 0 Å². The average molecular weight is 630 g/mol. The molecular weight excluding hydrogens is 590 g/mol. The van der Waals surface area contributed by atoms with Gasteiger partial charge < -0.3 is 25.0 Å². The highest BCUT2D eigenvalue weighted by Gasteiger charge is 2.28. The number of hydrogen-bond acceptors (Lipinski definition) is 9. The van der Waals surface area contributed by atoms with Crippen LogP contribution in [-0.2, 0) is 26.0 Å². The zero-order valence-corrected chi connectivity index (χ0v) is 26.7. The van der Waals surface area contributed by atoms with Gasteiger partial charge in [0.05, 0.1) is 15.9 Å². The third-order valence-corrected chi connectivity index (χ3v) is 9.22. The van der Waals surface area contributed by atoms with Gasteiger partial charge in [-0.2, -0.15) is 0 Å². The first-order chi connectivity index (χ1) is 20.3. The lowest BCUT2D eigenvalue weighted by Gasteiger charge is -2.31. The molecule has 0 aliphatic carbocycles. The summed E-state index contributed by atoms with van der Waals surface area (Å²) in [7, 11) is -3.97. The van der Waals surface area contributed by atoms with Crippen LogP contribution in [0, 0.1) is 0 Å². The fourth-order valence-corrected chi connectivity index (χ4v) is 7.23. The summed E-state index contributed by atoms with van der Waals surface area (Å²) in [6.45, 7) is 10.4. The number of rotatable bonds is 9. The molecule has 3 N–H and O–H groups in total. The van der Waals surface area contributed by atoms with Crippen molar-refractivity contribution in [3.05, 3.63) is 60.3 Å². The Hall–Kier alpha value is -3.68. The monoisotopic (exact) mass is 629 g/mol. The number of ether oxygens (including phenoxy) is 2. The van der Waals surface area contributed by atoms with Crippen LogP contribution in [0.5, 0.6) is 0 Å². The largest absolute Gasteiger partial charge is 0.508 e. The highest BCUT2D eigenvalue weighted by atomic mass is 32.2. The Balaban J connectivity index is 1.50. The van der Waals surface area contributed by atoms with Gasteiger partial charge in [-0.25, -0.2) is 27.7 Å². The molecule has 2 heterocycles. The van der Waals surface area contributed by atoms with E-state index in [1.807, 2.05) is 30.3 Å². The van der Waals surface area contributed by atoms with Gasteiger partial charge in [-0.05, 0) is 52.3 Å². The number of nitrogens with one attached hydrogen (secondary N) is 3. The number of amides is 2. The molecule has 0 saturated carbocycles. The number of nitrogens with zero attached hydrogens (tertiary/aromatic N) is 2. The molecule has 13 heteroatoms. The number of aromatic nitrogens is 1. The lowest BCUT2D eigenvalue weighted by Crippen LogP contribution is -2.40. The molecule has 43 heavy (non-hydrogen) atoms. The molecule has 2 aromatic carbocycles. The quantitative estimate of drug-likeness (QED) is 0.255. The lowest BCUT2D eigenvalue weighted by molar-refractivity contribution is 0.000629. The molecule has 1 aromatic heterocycles. The van der Waals surface area contributed by atoms with Crippen molar-refractivity contribution in [1.29, 1.82) is 0 Å². The smallest absolute Gasteiger partial charge is 0.432 e. The molecule has 1 fully saturated rings. The molecule has 0 atom stereocenters. The van der Waals surface area contributed by atoms with Crippen LogP contribution in [0.4, 0.5) is 20.4 Å². The van der Waals surface area contributed by atoms with Crippen molar-refractivity contribution in [2.24, 2.45) is 0 Å². The molecule has 0 spiro atoms. The predicted molar refractivity (Wildman–Crippen MR) is 168 cm³/mol. The number of thiazole rings is 1. The summed E-state index contributed by atoms with van der Waals surface area (Å²) >= 11 is 1.38. The third-order valence-electron chi connectivity index (χ3n) is 6.33. The van der Waals surface area contributed by atoms with E-state index < -0.39 is 27.7 Å². The van der Waals surface area contributed by atoms with Crippen molar-refractivity contribution in [2.45, 2.75) is 76.6 Å². The summed E-state index contributed by atoms with van der Waals surface area (Å²) in [5, 5.41) is 6.28. The van der Waals surface area contributed by atoms with E-state index in [4.69, 9.17) is 9.47 Å². The van der Waals surface area contributed by atoms with Gasteiger partial charge in [0.25, 0.3) is 0 Å². The Morgan fingerprint density at radius 3 is 2.44 bits per heavy atom.